The molecule has 0 spiro atoms. The van der Waals surface area contributed by atoms with Gasteiger partial charge in [0.05, 0.1) is 22.8 Å². The zero-order valence-corrected chi connectivity index (χ0v) is 17.7. The number of carbonyl (C=O) groups excluding carboxylic acids is 1. The van der Waals surface area contributed by atoms with E-state index >= 15 is 0 Å². The molecule has 0 radical (unpaired) electrons. The van der Waals surface area contributed by atoms with Crippen molar-refractivity contribution in [2.24, 2.45) is 0 Å². The number of ether oxygens (including phenoxy) is 1. The molecule has 1 saturated heterocycles. The number of amides is 1. The highest BCUT2D eigenvalue weighted by molar-refractivity contribution is 7.22. The third-order valence-electron chi connectivity index (χ3n) is 5.31. The Hall–Kier alpha value is -2.95. The van der Waals surface area contributed by atoms with Crippen LogP contribution in [-0.2, 0) is 4.74 Å². The lowest BCUT2D eigenvalue weighted by atomic mass is 10.1. The molecular formula is C21H21FN4O4S. The summed E-state index contributed by atoms with van der Waals surface area (Å²) in [7, 11) is 0. The minimum atomic E-state index is -0.503. The predicted molar refractivity (Wildman–Crippen MR) is 116 cm³/mol. The predicted octanol–water partition coefficient (Wildman–Crippen LogP) is 3.63. The van der Waals surface area contributed by atoms with Crippen LogP contribution in [0.15, 0.2) is 36.4 Å². The molecule has 4 rings (SSSR count). The van der Waals surface area contributed by atoms with Gasteiger partial charge in [-0.05, 0) is 25.1 Å². The number of fused-ring (bicyclic) bond motifs is 1. The van der Waals surface area contributed by atoms with Gasteiger partial charge >= 0.3 is 0 Å². The first-order valence-electron chi connectivity index (χ1n) is 9.86. The number of aromatic nitrogens is 1. The normalized spacial score (nSPS) is 14.6. The largest absolute Gasteiger partial charge is 0.379 e. The van der Waals surface area contributed by atoms with Crippen molar-refractivity contribution in [3.63, 3.8) is 0 Å². The molecule has 0 bridgehead atoms. The fourth-order valence-electron chi connectivity index (χ4n) is 3.57. The monoisotopic (exact) mass is 444 g/mol. The number of para-hydroxylation sites is 1. The Balaban J connectivity index is 1.70. The number of nitrogens with zero attached hydrogens (tertiary/aromatic N) is 4. The molecule has 1 aliphatic heterocycles. The van der Waals surface area contributed by atoms with Crippen LogP contribution in [0, 0.1) is 22.9 Å². The van der Waals surface area contributed by atoms with E-state index in [1.807, 2.05) is 0 Å². The van der Waals surface area contributed by atoms with Crippen molar-refractivity contribution in [1.29, 1.82) is 0 Å². The average molecular weight is 444 g/mol. The molecule has 0 unspecified atom stereocenters. The molecule has 2 heterocycles. The molecule has 2 aromatic carbocycles. The van der Waals surface area contributed by atoms with Crippen molar-refractivity contribution < 1.29 is 18.8 Å². The van der Waals surface area contributed by atoms with E-state index in [1.165, 1.54) is 34.4 Å². The number of hydrogen-bond donors (Lipinski definition) is 0. The van der Waals surface area contributed by atoms with Crippen LogP contribution in [0.3, 0.4) is 0 Å². The van der Waals surface area contributed by atoms with Crippen LogP contribution < -0.4 is 4.90 Å². The van der Waals surface area contributed by atoms with Crippen LogP contribution in [0.25, 0.3) is 10.2 Å². The van der Waals surface area contributed by atoms with E-state index in [1.54, 1.807) is 25.1 Å². The van der Waals surface area contributed by atoms with Crippen LogP contribution >= 0.6 is 11.3 Å². The van der Waals surface area contributed by atoms with Gasteiger partial charge in [-0.15, -0.1) is 0 Å². The Morgan fingerprint density at radius 1 is 1.29 bits per heavy atom. The molecular weight excluding hydrogens is 423 g/mol. The third-order valence-corrected chi connectivity index (χ3v) is 6.35. The summed E-state index contributed by atoms with van der Waals surface area (Å²) in [6, 6.07) is 9.12. The highest BCUT2D eigenvalue weighted by Crippen LogP contribution is 2.32. The number of anilines is 1. The zero-order valence-electron chi connectivity index (χ0n) is 16.9. The van der Waals surface area contributed by atoms with Gasteiger partial charge in [0.2, 0.25) is 0 Å². The van der Waals surface area contributed by atoms with Gasteiger partial charge in [0.15, 0.2) is 5.13 Å². The maximum atomic E-state index is 14.2. The number of halogens is 1. The molecule has 31 heavy (non-hydrogen) atoms. The first-order chi connectivity index (χ1) is 15.0. The summed E-state index contributed by atoms with van der Waals surface area (Å²) < 4.78 is 20.2. The van der Waals surface area contributed by atoms with E-state index in [9.17, 15) is 19.3 Å². The number of carbonyl (C=O) groups is 1. The molecule has 1 aromatic heterocycles. The molecule has 0 N–H and O–H groups in total. The van der Waals surface area contributed by atoms with Crippen molar-refractivity contribution in [2.75, 3.05) is 44.3 Å². The molecule has 1 amide bonds. The SMILES string of the molecule is Cc1c(C(=O)N(CCN2CCOCC2)c2nc3c(F)cccc3s2)cccc1[N+](=O)[O-]. The summed E-state index contributed by atoms with van der Waals surface area (Å²) in [4.78, 5) is 32.4. The van der Waals surface area contributed by atoms with Gasteiger partial charge < -0.3 is 4.74 Å². The van der Waals surface area contributed by atoms with Gasteiger partial charge in [0, 0.05) is 43.4 Å². The van der Waals surface area contributed by atoms with Crippen molar-refractivity contribution in [3.8, 4) is 0 Å². The topological polar surface area (TPSA) is 88.8 Å². The Morgan fingerprint density at radius 3 is 2.74 bits per heavy atom. The van der Waals surface area contributed by atoms with Crippen molar-refractivity contribution in [2.45, 2.75) is 6.92 Å². The van der Waals surface area contributed by atoms with E-state index in [2.05, 4.69) is 9.88 Å². The summed E-state index contributed by atoms with van der Waals surface area (Å²) >= 11 is 1.22. The quantitative estimate of drug-likeness (QED) is 0.426. The standard InChI is InChI=1S/C21H21FN4O4S/c1-14-15(4-2-6-17(14)26(28)29)20(27)25(9-8-24-10-12-30-13-11-24)21-23-19-16(22)5-3-7-18(19)31-21/h2-7H,8-13H2,1H3. The van der Waals surface area contributed by atoms with E-state index in [0.717, 1.165) is 13.1 Å². The fraction of sp³-hybridized carbons (Fsp3) is 0.333. The maximum Gasteiger partial charge on any atom is 0.273 e. The van der Waals surface area contributed by atoms with Crippen LogP contribution in [0.4, 0.5) is 15.2 Å². The van der Waals surface area contributed by atoms with Crippen molar-refractivity contribution in [3.05, 3.63) is 63.5 Å². The second-order valence-corrected chi connectivity index (χ2v) is 8.21. The zero-order chi connectivity index (χ0) is 22.0. The lowest BCUT2D eigenvalue weighted by molar-refractivity contribution is -0.385. The molecule has 0 saturated carbocycles. The Morgan fingerprint density at radius 2 is 2.03 bits per heavy atom. The van der Waals surface area contributed by atoms with Crippen molar-refractivity contribution >= 4 is 38.3 Å². The number of thiazole rings is 1. The molecule has 1 aliphatic rings. The maximum absolute atomic E-state index is 14.2. The van der Waals surface area contributed by atoms with Gasteiger partial charge in [-0.2, -0.15) is 0 Å². The van der Waals surface area contributed by atoms with E-state index in [0.29, 0.717) is 41.7 Å². The number of nitro benzene ring substituents is 1. The minimum absolute atomic E-state index is 0.116. The Bertz CT molecular complexity index is 1130. The van der Waals surface area contributed by atoms with Crippen molar-refractivity contribution in [1.82, 2.24) is 9.88 Å². The molecule has 1 fully saturated rings. The molecule has 10 heteroatoms. The molecule has 8 nitrogen and oxygen atoms in total. The fourth-order valence-corrected chi connectivity index (χ4v) is 4.57. The van der Waals surface area contributed by atoms with E-state index < -0.39 is 16.6 Å². The number of nitro groups is 1. The lowest BCUT2D eigenvalue weighted by Gasteiger charge is -2.29. The summed E-state index contributed by atoms with van der Waals surface area (Å²) in [5, 5.41) is 11.7. The summed E-state index contributed by atoms with van der Waals surface area (Å²) in [6.45, 7) is 5.24. The van der Waals surface area contributed by atoms with Gasteiger partial charge in [-0.1, -0.05) is 23.5 Å². The summed E-state index contributed by atoms with van der Waals surface area (Å²) in [5.41, 5.74) is 0.619. The van der Waals surface area contributed by atoms with Crippen LogP contribution in [0.5, 0.6) is 0 Å². The first-order valence-corrected chi connectivity index (χ1v) is 10.7. The second kappa shape index (κ2) is 9.04. The number of hydrogen-bond acceptors (Lipinski definition) is 7. The van der Waals surface area contributed by atoms with Gasteiger partial charge in [0.1, 0.15) is 11.3 Å². The van der Waals surface area contributed by atoms with Gasteiger partial charge in [0.25, 0.3) is 11.6 Å². The highest BCUT2D eigenvalue weighted by Gasteiger charge is 2.27. The molecule has 0 atom stereocenters. The van der Waals surface area contributed by atoms with Crippen LogP contribution in [0.2, 0.25) is 0 Å². The van der Waals surface area contributed by atoms with E-state index in [-0.39, 0.29) is 16.8 Å². The molecule has 3 aromatic rings. The summed E-state index contributed by atoms with van der Waals surface area (Å²) in [5.74, 6) is -0.846. The number of rotatable bonds is 6. The molecule has 0 aliphatic carbocycles. The van der Waals surface area contributed by atoms with Gasteiger partial charge in [-0.25, -0.2) is 9.37 Å². The third kappa shape index (κ3) is 4.41. The second-order valence-electron chi connectivity index (χ2n) is 7.20. The average Bonchev–Trinajstić information content (AvgIpc) is 3.20. The molecule has 162 valence electrons. The Labute approximate surface area is 182 Å². The Kier molecular flexibility index (Phi) is 6.21. The van der Waals surface area contributed by atoms with E-state index in [4.69, 9.17) is 4.74 Å². The first kappa shape index (κ1) is 21.3. The lowest BCUT2D eigenvalue weighted by Crippen LogP contribution is -2.43. The van der Waals surface area contributed by atoms with Crippen LogP contribution in [0.1, 0.15) is 15.9 Å². The van der Waals surface area contributed by atoms with Crippen LogP contribution in [-0.4, -0.2) is 60.1 Å². The smallest absolute Gasteiger partial charge is 0.273 e. The summed E-state index contributed by atoms with van der Waals surface area (Å²) in [6.07, 6.45) is 0. The number of benzene rings is 2. The minimum Gasteiger partial charge on any atom is -0.379 e. The van der Waals surface area contributed by atoms with Gasteiger partial charge in [-0.3, -0.25) is 24.7 Å². The highest BCUT2D eigenvalue weighted by atomic mass is 32.1. The number of morpholine rings is 1.